The van der Waals surface area contributed by atoms with Crippen molar-refractivity contribution in [3.8, 4) is 0 Å². The van der Waals surface area contributed by atoms with E-state index in [1.165, 1.54) is 13.1 Å². The third-order valence-electron chi connectivity index (χ3n) is 4.32. The standard InChI is InChI=1S/C12H21N3O2/c1-13-2-9-4-14(5-10(9)3-13)8-12(17)15-6-11(16)7-15/h9-11,16H,2-8H2,1H3. The van der Waals surface area contributed by atoms with Crippen molar-refractivity contribution in [3.63, 3.8) is 0 Å². The Hall–Kier alpha value is -0.650. The maximum absolute atomic E-state index is 11.9. The van der Waals surface area contributed by atoms with Gasteiger partial charge in [-0.25, -0.2) is 0 Å². The summed E-state index contributed by atoms with van der Waals surface area (Å²) in [6, 6.07) is 0. The highest BCUT2D eigenvalue weighted by Gasteiger charge is 2.40. The van der Waals surface area contributed by atoms with Gasteiger partial charge in [-0.05, 0) is 18.9 Å². The zero-order chi connectivity index (χ0) is 12.0. The Morgan fingerprint density at radius 3 is 2.24 bits per heavy atom. The summed E-state index contributed by atoms with van der Waals surface area (Å²) >= 11 is 0. The Labute approximate surface area is 102 Å². The number of aliphatic hydroxyl groups is 1. The molecule has 3 saturated heterocycles. The molecule has 5 nitrogen and oxygen atoms in total. The average Bonchev–Trinajstić information content (AvgIpc) is 2.69. The summed E-state index contributed by atoms with van der Waals surface area (Å²) < 4.78 is 0. The molecule has 17 heavy (non-hydrogen) atoms. The van der Waals surface area contributed by atoms with E-state index < -0.39 is 0 Å². The lowest BCUT2D eigenvalue weighted by molar-refractivity contribution is -0.142. The summed E-state index contributed by atoms with van der Waals surface area (Å²) in [5.41, 5.74) is 0. The van der Waals surface area contributed by atoms with Gasteiger partial charge in [-0.2, -0.15) is 0 Å². The molecule has 0 aromatic heterocycles. The summed E-state index contributed by atoms with van der Waals surface area (Å²) in [5.74, 6) is 1.70. The minimum atomic E-state index is -0.287. The van der Waals surface area contributed by atoms with E-state index in [0.29, 0.717) is 19.6 Å². The van der Waals surface area contributed by atoms with Crippen LogP contribution in [0.2, 0.25) is 0 Å². The molecule has 0 aliphatic carbocycles. The van der Waals surface area contributed by atoms with Crippen LogP contribution in [0, 0.1) is 11.8 Å². The number of rotatable bonds is 2. The van der Waals surface area contributed by atoms with Crippen molar-refractivity contribution in [2.45, 2.75) is 6.10 Å². The van der Waals surface area contributed by atoms with Gasteiger partial charge in [-0.15, -0.1) is 0 Å². The van der Waals surface area contributed by atoms with Crippen molar-refractivity contribution in [1.29, 1.82) is 0 Å². The fourth-order valence-corrected chi connectivity index (χ4v) is 3.40. The number of hydrogen-bond donors (Lipinski definition) is 1. The topological polar surface area (TPSA) is 47.0 Å². The van der Waals surface area contributed by atoms with Crippen LogP contribution in [0.1, 0.15) is 0 Å². The van der Waals surface area contributed by atoms with E-state index >= 15 is 0 Å². The molecule has 3 aliphatic rings. The first-order valence-electron chi connectivity index (χ1n) is 6.48. The van der Waals surface area contributed by atoms with E-state index in [0.717, 1.165) is 24.9 Å². The van der Waals surface area contributed by atoms with Gasteiger partial charge in [0.15, 0.2) is 0 Å². The van der Waals surface area contributed by atoms with Crippen LogP contribution < -0.4 is 0 Å². The van der Waals surface area contributed by atoms with Gasteiger partial charge >= 0.3 is 0 Å². The molecule has 3 fully saturated rings. The lowest BCUT2D eigenvalue weighted by atomic mass is 10.0. The molecule has 3 aliphatic heterocycles. The highest BCUT2D eigenvalue weighted by atomic mass is 16.3. The van der Waals surface area contributed by atoms with E-state index in [1.54, 1.807) is 4.90 Å². The Kier molecular flexibility index (Phi) is 2.84. The second kappa shape index (κ2) is 4.23. The van der Waals surface area contributed by atoms with Crippen molar-refractivity contribution in [2.75, 3.05) is 52.9 Å². The second-order valence-corrected chi connectivity index (χ2v) is 5.89. The summed E-state index contributed by atoms with van der Waals surface area (Å²) in [6.45, 7) is 6.10. The minimum absolute atomic E-state index is 0.184. The van der Waals surface area contributed by atoms with Gasteiger partial charge in [0.1, 0.15) is 0 Å². The molecule has 1 amide bonds. The van der Waals surface area contributed by atoms with Crippen LogP contribution in [0.3, 0.4) is 0 Å². The largest absolute Gasteiger partial charge is 0.389 e. The zero-order valence-electron chi connectivity index (χ0n) is 10.4. The molecule has 0 aromatic rings. The van der Waals surface area contributed by atoms with E-state index in [9.17, 15) is 9.90 Å². The average molecular weight is 239 g/mol. The SMILES string of the molecule is CN1CC2CN(CC(=O)N3CC(O)C3)CC2C1. The molecule has 0 saturated carbocycles. The second-order valence-electron chi connectivity index (χ2n) is 5.89. The first-order valence-corrected chi connectivity index (χ1v) is 6.48. The van der Waals surface area contributed by atoms with E-state index in [4.69, 9.17) is 0 Å². The van der Waals surface area contributed by atoms with E-state index in [2.05, 4.69) is 16.8 Å². The van der Waals surface area contributed by atoms with E-state index in [1.807, 2.05) is 0 Å². The zero-order valence-corrected chi connectivity index (χ0v) is 10.4. The molecule has 5 heteroatoms. The molecule has 0 bridgehead atoms. The van der Waals surface area contributed by atoms with E-state index in [-0.39, 0.29) is 12.0 Å². The van der Waals surface area contributed by atoms with Gasteiger partial charge in [0, 0.05) is 39.3 Å². The van der Waals surface area contributed by atoms with Crippen LogP contribution in [-0.2, 0) is 4.79 Å². The lowest BCUT2D eigenvalue weighted by Gasteiger charge is -2.36. The molecule has 2 unspecified atom stereocenters. The Balaban J connectivity index is 1.47. The number of fused-ring (bicyclic) bond motifs is 1. The van der Waals surface area contributed by atoms with Crippen molar-refractivity contribution in [3.05, 3.63) is 0 Å². The first-order chi connectivity index (χ1) is 8.11. The quantitative estimate of drug-likeness (QED) is 0.649. The molecule has 0 radical (unpaired) electrons. The minimum Gasteiger partial charge on any atom is -0.389 e. The number of nitrogens with zero attached hydrogens (tertiary/aromatic N) is 3. The monoisotopic (exact) mass is 239 g/mol. The van der Waals surface area contributed by atoms with Crippen LogP contribution in [0.25, 0.3) is 0 Å². The van der Waals surface area contributed by atoms with Crippen LogP contribution >= 0.6 is 0 Å². The highest BCUT2D eigenvalue weighted by Crippen LogP contribution is 2.30. The summed E-state index contributed by atoms with van der Waals surface area (Å²) in [4.78, 5) is 18.3. The van der Waals surface area contributed by atoms with Crippen LogP contribution in [-0.4, -0.2) is 84.7 Å². The number of carbonyl (C=O) groups is 1. The number of carbonyl (C=O) groups excluding carboxylic acids is 1. The number of β-amino-alcohol motifs (C(OH)–C–C–N with tert-alkyl or cyclic N) is 1. The molecule has 0 spiro atoms. The predicted molar refractivity (Wildman–Crippen MR) is 63.5 cm³/mol. The van der Waals surface area contributed by atoms with Crippen LogP contribution in [0.4, 0.5) is 0 Å². The highest BCUT2D eigenvalue weighted by molar-refractivity contribution is 5.79. The molecule has 0 aromatic carbocycles. The molecule has 1 N–H and O–H groups in total. The molecule has 2 atom stereocenters. The maximum atomic E-state index is 11.9. The molecular formula is C12H21N3O2. The van der Waals surface area contributed by atoms with Gasteiger partial charge < -0.3 is 14.9 Å². The van der Waals surface area contributed by atoms with Gasteiger partial charge in [0.2, 0.25) is 5.91 Å². The van der Waals surface area contributed by atoms with Gasteiger partial charge in [-0.3, -0.25) is 9.69 Å². The number of aliphatic hydroxyl groups excluding tert-OH is 1. The summed E-state index contributed by atoms with van der Waals surface area (Å²) in [6.07, 6.45) is -0.287. The smallest absolute Gasteiger partial charge is 0.236 e. The summed E-state index contributed by atoms with van der Waals surface area (Å²) in [5, 5.41) is 9.18. The Morgan fingerprint density at radius 1 is 1.12 bits per heavy atom. The number of amides is 1. The van der Waals surface area contributed by atoms with Crippen LogP contribution in [0.5, 0.6) is 0 Å². The van der Waals surface area contributed by atoms with Gasteiger partial charge in [0.05, 0.1) is 12.6 Å². The maximum Gasteiger partial charge on any atom is 0.236 e. The lowest BCUT2D eigenvalue weighted by Crippen LogP contribution is -2.55. The number of likely N-dealkylation sites (tertiary alicyclic amines) is 3. The van der Waals surface area contributed by atoms with Crippen LogP contribution in [0.15, 0.2) is 0 Å². The molecule has 96 valence electrons. The molecular weight excluding hydrogens is 218 g/mol. The third kappa shape index (κ3) is 2.19. The van der Waals surface area contributed by atoms with Crippen molar-refractivity contribution in [2.24, 2.45) is 11.8 Å². The van der Waals surface area contributed by atoms with Gasteiger partial charge in [0.25, 0.3) is 0 Å². The third-order valence-corrected chi connectivity index (χ3v) is 4.32. The number of hydrogen-bond acceptors (Lipinski definition) is 4. The Bertz CT molecular complexity index is 303. The normalized spacial score (nSPS) is 35.1. The van der Waals surface area contributed by atoms with Crippen molar-refractivity contribution >= 4 is 5.91 Å². The first kappa shape index (κ1) is 11.4. The van der Waals surface area contributed by atoms with Crippen molar-refractivity contribution in [1.82, 2.24) is 14.7 Å². The van der Waals surface area contributed by atoms with Crippen molar-refractivity contribution < 1.29 is 9.90 Å². The fraction of sp³-hybridized carbons (Fsp3) is 0.917. The fourth-order valence-electron chi connectivity index (χ4n) is 3.40. The molecule has 3 heterocycles. The Morgan fingerprint density at radius 2 is 1.71 bits per heavy atom. The predicted octanol–water partition coefficient (Wildman–Crippen LogP) is -1.32. The molecule has 3 rings (SSSR count). The van der Waals surface area contributed by atoms with Gasteiger partial charge in [-0.1, -0.05) is 0 Å². The summed E-state index contributed by atoms with van der Waals surface area (Å²) in [7, 11) is 2.18.